The van der Waals surface area contributed by atoms with Crippen LogP contribution in [0.4, 0.5) is 5.69 Å². The Bertz CT molecular complexity index is 651. The number of anilines is 1. The number of benzene rings is 1. The van der Waals surface area contributed by atoms with E-state index < -0.39 is 0 Å². The fraction of sp³-hybridized carbons (Fsp3) is 0.294. The molecule has 0 aliphatic carbocycles. The SMILES string of the molecule is Cc1ccc(CNC2CC(=O)N(C)c3ccccc32)cn1. The van der Waals surface area contributed by atoms with Crippen LogP contribution in [0.5, 0.6) is 0 Å². The number of carbonyl (C=O) groups is 1. The molecule has 4 nitrogen and oxygen atoms in total. The maximum Gasteiger partial charge on any atom is 0.228 e. The Morgan fingerprint density at radius 1 is 1.29 bits per heavy atom. The molecule has 1 amide bonds. The smallest absolute Gasteiger partial charge is 0.228 e. The Labute approximate surface area is 124 Å². The van der Waals surface area contributed by atoms with Gasteiger partial charge in [0.25, 0.3) is 0 Å². The summed E-state index contributed by atoms with van der Waals surface area (Å²) in [7, 11) is 1.83. The summed E-state index contributed by atoms with van der Waals surface area (Å²) in [5.74, 6) is 0.147. The third-order valence-electron chi connectivity index (χ3n) is 3.95. The van der Waals surface area contributed by atoms with Crippen LogP contribution in [0.25, 0.3) is 0 Å². The molecular formula is C17H19N3O. The molecule has 4 heteroatoms. The van der Waals surface area contributed by atoms with Gasteiger partial charge < -0.3 is 10.2 Å². The molecule has 1 aromatic heterocycles. The Morgan fingerprint density at radius 2 is 2.10 bits per heavy atom. The summed E-state index contributed by atoms with van der Waals surface area (Å²) in [5.41, 5.74) is 4.32. The fourth-order valence-corrected chi connectivity index (χ4v) is 2.67. The Hall–Kier alpha value is -2.20. The number of hydrogen-bond donors (Lipinski definition) is 1. The first-order valence-electron chi connectivity index (χ1n) is 7.15. The van der Waals surface area contributed by atoms with E-state index in [2.05, 4.69) is 22.4 Å². The van der Waals surface area contributed by atoms with Gasteiger partial charge in [-0.25, -0.2) is 0 Å². The van der Waals surface area contributed by atoms with E-state index in [1.54, 1.807) is 4.90 Å². The summed E-state index contributed by atoms with van der Waals surface area (Å²) in [4.78, 5) is 18.1. The van der Waals surface area contributed by atoms with Crippen molar-refractivity contribution in [2.75, 3.05) is 11.9 Å². The normalized spacial score (nSPS) is 17.7. The highest BCUT2D eigenvalue weighted by molar-refractivity contribution is 5.96. The molecule has 1 unspecified atom stereocenters. The zero-order valence-corrected chi connectivity index (χ0v) is 12.3. The monoisotopic (exact) mass is 281 g/mol. The highest BCUT2D eigenvalue weighted by atomic mass is 16.2. The molecule has 1 aromatic carbocycles. The first kappa shape index (κ1) is 13.8. The third-order valence-corrected chi connectivity index (χ3v) is 3.95. The van der Waals surface area contributed by atoms with Crippen molar-refractivity contribution in [3.05, 3.63) is 59.4 Å². The lowest BCUT2D eigenvalue weighted by atomic mass is 9.96. The molecule has 0 saturated carbocycles. The number of pyridine rings is 1. The standard InChI is InChI=1S/C17H19N3O/c1-12-7-8-13(10-18-12)11-19-15-9-17(21)20(2)16-6-4-3-5-14(15)16/h3-8,10,15,19H,9,11H2,1-2H3. The number of nitrogens with one attached hydrogen (secondary N) is 1. The first-order valence-corrected chi connectivity index (χ1v) is 7.15. The molecule has 0 radical (unpaired) electrons. The van der Waals surface area contributed by atoms with Crippen LogP contribution in [-0.4, -0.2) is 17.9 Å². The number of carbonyl (C=O) groups excluding carboxylic acids is 1. The number of hydrogen-bond acceptors (Lipinski definition) is 3. The van der Waals surface area contributed by atoms with Crippen LogP contribution >= 0.6 is 0 Å². The summed E-state index contributed by atoms with van der Waals surface area (Å²) < 4.78 is 0. The van der Waals surface area contributed by atoms with Gasteiger partial charge in [-0.3, -0.25) is 9.78 Å². The van der Waals surface area contributed by atoms with E-state index in [-0.39, 0.29) is 11.9 Å². The summed E-state index contributed by atoms with van der Waals surface area (Å²) >= 11 is 0. The number of para-hydroxylation sites is 1. The molecule has 1 aliphatic heterocycles. The molecule has 108 valence electrons. The average Bonchev–Trinajstić information content (AvgIpc) is 2.51. The number of amides is 1. The molecule has 1 N–H and O–H groups in total. The molecule has 2 heterocycles. The quantitative estimate of drug-likeness (QED) is 0.940. The molecule has 3 rings (SSSR count). The lowest BCUT2D eigenvalue weighted by molar-refractivity contribution is -0.119. The van der Waals surface area contributed by atoms with Crippen molar-refractivity contribution in [1.82, 2.24) is 10.3 Å². The third kappa shape index (κ3) is 2.81. The van der Waals surface area contributed by atoms with Crippen molar-refractivity contribution in [2.45, 2.75) is 25.9 Å². The van der Waals surface area contributed by atoms with Crippen molar-refractivity contribution in [3.8, 4) is 0 Å². The van der Waals surface area contributed by atoms with Gasteiger partial charge in [-0.15, -0.1) is 0 Å². The average molecular weight is 281 g/mol. The molecule has 2 aromatic rings. The largest absolute Gasteiger partial charge is 0.315 e. The molecule has 0 fully saturated rings. The maximum atomic E-state index is 12.1. The van der Waals surface area contributed by atoms with Gasteiger partial charge in [0.15, 0.2) is 0 Å². The summed E-state index contributed by atoms with van der Waals surface area (Å²) in [6.07, 6.45) is 2.37. The minimum atomic E-state index is 0.0613. The van der Waals surface area contributed by atoms with Crippen molar-refractivity contribution < 1.29 is 4.79 Å². The van der Waals surface area contributed by atoms with Gasteiger partial charge in [-0.1, -0.05) is 24.3 Å². The van der Waals surface area contributed by atoms with Crippen LogP contribution in [0, 0.1) is 6.92 Å². The second-order valence-electron chi connectivity index (χ2n) is 5.46. The van der Waals surface area contributed by atoms with Gasteiger partial charge in [-0.2, -0.15) is 0 Å². The minimum Gasteiger partial charge on any atom is -0.315 e. The molecule has 0 saturated heterocycles. The highest BCUT2D eigenvalue weighted by Gasteiger charge is 2.28. The van der Waals surface area contributed by atoms with Crippen LogP contribution in [0.1, 0.15) is 29.3 Å². The zero-order valence-electron chi connectivity index (χ0n) is 12.3. The predicted molar refractivity (Wildman–Crippen MR) is 83.0 cm³/mol. The number of rotatable bonds is 3. The van der Waals surface area contributed by atoms with Gasteiger partial charge in [0, 0.05) is 43.6 Å². The van der Waals surface area contributed by atoms with Crippen molar-refractivity contribution >= 4 is 11.6 Å². The van der Waals surface area contributed by atoms with Crippen molar-refractivity contribution in [1.29, 1.82) is 0 Å². The minimum absolute atomic E-state index is 0.0613. The van der Waals surface area contributed by atoms with Crippen molar-refractivity contribution in [2.24, 2.45) is 0 Å². The second-order valence-corrected chi connectivity index (χ2v) is 5.46. The number of aromatic nitrogens is 1. The van der Waals surface area contributed by atoms with Crippen molar-refractivity contribution in [3.63, 3.8) is 0 Å². The van der Waals surface area contributed by atoms with Gasteiger partial charge in [0.1, 0.15) is 0 Å². The van der Waals surface area contributed by atoms with Gasteiger partial charge in [-0.05, 0) is 30.2 Å². The van der Waals surface area contributed by atoms with Gasteiger partial charge in [0.05, 0.1) is 0 Å². The maximum absolute atomic E-state index is 12.1. The predicted octanol–water partition coefficient (Wildman–Crippen LogP) is 2.59. The van der Waals surface area contributed by atoms with Crippen LogP contribution in [0.3, 0.4) is 0 Å². The molecular weight excluding hydrogens is 262 g/mol. The molecule has 1 aliphatic rings. The van der Waals surface area contributed by atoms with E-state index in [9.17, 15) is 4.79 Å². The summed E-state index contributed by atoms with van der Waals surface area (Å²) in [5, 5.41) is 3.48. The number of aryl methyl sites for hydroxylation is 1. The topological polar surface area (TPSA) is 45.2 Å². The zero-order chi connectivity index (χ0) is 14.8. The Morgan fingerprint density at radius 3 is 2.86 bits per heavy atom. The Balaban J connectivity index is 1.78. The second kappa shape index (κ2) is 5.66. The molecule has 1 atom stereocenters. The van der Waals surface area contributed by atoms with Crippen LogP contribution in [0.2, 0.25) is 0 Å². The molecule has 21 heavy (non-hydrogen) atoms. The fourth-order valence-electron chi connectivity index (χ4n) is 2.67. The summed E-state index contributed by atoms with van der Waals surface area (Å²) in [6.45, 7) is 2.69. The van der Waals surface area contributed by atoms with Crippen LogP contribution in [0.15, 0.2) is 42.6 Å². The van der Waals surface area contributed by atoms with Crippen LogP contribution in [-0.2, 0) is 11.3 Å². The molecule has 0 spiro atoms. The van der Waals surface area contributed by atoms with E-state index in [4.69, 9.17) is 0 Å². The lowest BCUT2D eigenvalue weighted by Crippen LogP contribution is -2.37. The van der Waals surface area contributed by atoms with Gasteiger partial charge >= 0.3 is 0 Å². The van der Waals surface area contributed by atoms with Crippen LogP contribution < -0.4 is 10.2 Å². The first-order chi connectivity index (χ1) is 10.1. The van der Waals surface area contributed by atoms with E-state index in [1.165, 1.54) is 5.56 Å². The summed E-state index contributed by atoms with van der Waals surface area (Å²) in [6, 6.07) is 12.2. The number of nitrogens with zero attached hydrogens (tertiary/aromatic N) is 2. The van der Waals surface area contributed by atoms with E-state index in [0.717, 1.165) is 16.9 Å². The lowest BCUT2D eigenvalue weighted by Gasteiger charge is -2.32. The van der Waals surface area contributed by atoms with Gasteiger partial charge in [0.2, 0.25) is 5.91 Å². The van der Waals surface area contributed by atoms with E-state index >= 15 is 0 Å². The number of fused-ring (bicyclic) bond motifs is 1. The molecule has 0 bridgehead atoms. The highest BCUT2D eigenvalue weighted by Crippen LogP contribution is 2.33. The van der Waals surface area contributed by atoms with E-state index in [1.807, 2.05) is 44.4 Å². The van der Waals surface area contributed by atoms with E-state index in [0.29, 0.717) is 13.0 Å². The Kier molecular flexibility index (Phi) is 3.71.